The number of aliphatic hydroxyl groups is 1. The van der Waals surface area contributed by atoms with Crippen molar-refractivity contribution in [3.05, 3.63) is 47.5 Å². The SMILES string of the molecule is CCN(O)c1ccc(NCc2c(N)ccc(N)c2CCO)cc1. The van der Waals surface area contributed by atoms with E-state index in [4.69, 9.17) is 11.5 Å². The molecule has 0 radical (unpaired) electrons. The molecule has 0 aliphatic carbocycles. The zero-order valence-corrected chi connectivity index (χ0v) is 13.3. The molecule has 23 heavy (non-hydrogen) atoms. The maximum atomic E-state index is 9.65. The molecule has 0 aromatic heterocycles. The molecule has 2 aromatic carbocycles. The Morgan fingerprint density at radius 3 is 2.17 bits per heavy atom. The molecule has 0 bridgehead atoms. The second-order valence-corrected chi connectivity index (χ2v) is 5.29. The largest absolute Gasteiger partial charge is 0.398 e. The summed E-state index contributed by atoms with van der Waals surface area (Å²) in [4.78, 5) is 0. The van der Waals surface area contributed by atoms with Gasteiger partial charge >= 0.3 is 0 Å². The quantitative estimate of drug-likeness (QED) is 0.396. The minimum absolute atomic E-state index is 0.0265. The number of anilines is 4. The van der Waals surface area contributed by atoms with E-state index in [-0.39, 0.29) is 6.61 Å². The predicted molar refractivity (Wildman–Crippen MR) is 94.6 cm³/mol. The Labute approximate surface area is 136 Å². The van der Waals surface area contributed by atoms with Crippen LogP contribution in [0.5, 0.6) is 0 Å². The van der Waals surface area contributed by atoms with E-state index in [1.54, 1.807) is 12.1 Å². The Kier molecular flexibility index (Phi) is 5.67. The van der Waals surface area contributed by atoms with Crippen LogP contribution in [0.25, 0.3) is 0 Å². The molecule has 0 amide bonds. The number of aliphatic hydroxyl groups excluding tert-OH is 1. The number of rotatable bonds is 7. The van der Waals surface area contributed by atoms with Gasteiger partial charge < -0.3 is 21.9 Å². The number of benzene rings is 2. The van der Waals surface area contributed by atoms with Crippen LogP contribution in [0.2, 0.25) is 0 Å². The van der Waals surface area contributed by atoms with Gasteiger partial charge in [0.05, 0.1) is 5.69 Å². The summed E-state index contributed by atoms with van der Waals surface area (Å²) in [6.07, 6.45) is 0.475. The van der Waals surface area contributed by atoms with E-state index in [1.165, 1.54) is 5.06 Å². The van der Waals surface area contributed by atoms with Crippen molar-refractivity contribution >= 4 is 22.7 Å². The van der Waals surface area contributed by atoms with Gasteiger partial charge in [0.2, 0.25) is 0 Å². The molecular formula is C17H24N4O2. The van der Waals surface area contributed by atoms with Crippen molar-refractivity contribution in [3.63, 3.8) is 0 Å². The summed E-state index contributed by atoms with van der Waals surface area (Å²) in [5.74, 6) is 0. The number of nitrogens with one attached hydrogen (secondary N) is 1. The monoisotopic (exact) mass is 316 g/mol. The summed E-state index contributed by atoms with van der Waals surface area (Å²) < 4.78 is 0. The molecular weight excluding hydrogens is 292 g/mol. The summed E-state index contributed by atoms with van der Waals surface area (Å²) in [6.45, 7) is 2.94. The summed E-state index contributed by atoms with van der Waals surface area (Å²) >= 11 is 0. The van der Waals surface area contributed by atoms with E-state index in [1.807, 2.05) is 31.2 Å². The number of hydrogen-bond donors (Lipinski definition) is 5. The Hall–Kier alpha value is -2.44. The average Bonchev–Trinajstić information content (AvgIpc) is 2.57. The van der Waals surface area contributed by atoms with Gasteiger partial charge in [-0.3, -0.25) is 10.3 Å². The van der Waals surface area contributed by atoms with Crippen molar-refractivity contribution in [2.45, 2.75) is 19.9 Å². The van der Waals surface area contributed by atoms with Gasteiger partial charge in [-0.1, -0.05) is 0 Å². The maximum Gasteiger partial charge on any atom is 0.0635 e. The van der Waals surface area contributed by atoms with Crippen LogP contribution in [0, 0.1) is 0 Å². The van der Waals surface area contributed by atoms with Gasteiger partial charge in [0.15, 0.2) is 0 Å². The molecule has 0 unspecified atom stereocenters. The molecule has 6 nitrogen and oxygen atoms in total. The smallest absolute Gasteiger partial charge is 0.0635 e. The summed E-state index contributed by atoms with van der Waals surface area (Å²) in [5, 5.41) is 23.3. The molecule has 0 fully saturated rings. The molecule has 0 saturated carbocycles. The fourth-order valence-corrected chi connectivity index (χ4v) is 2.47. The van der Waals surface area contributed by atoms with Crippen LogP contribution in [-0.4, -0.2) is 23.5 Å². The van der Waals surface area contributed by atoms with E-state index >= 15 is 0 Å². The van der Waals surface area contributed by atoms with Crippen LogP contribution in [0.4, 0.5) is 22.7 Å². The standard InChI is InChI=1S/C17H24N4O2/c1-2-21(23)13-5-3-12(4-6-13)20-11-15-14(9-10-22)16(18)7-8-17(15)19/h3-8,20,22-23H,2,9-11,18-19H2,1H3. The Morgan fingerprint density at radius 1 is 1.00 bits per heavy atom. The lowest BCUT2D eigenvalue weighted by Crippen LogP contribution is -2.16. The number of hydroxylamine groups is 1. The first-order valence-corrected chi connectivity index (χ1v) is 7.63. The Morgan fingerprint density at radius 2 is 1.61 bits per heavy atom. The topological polar surface area (TPSA) is 108 Å². The molecule has 0 atom stereocenters. The summed E-state index contributed by atoms with van der Waals surface area (Å²) in [5.41, 5.74) is 16.8. The lowest BCUT2D eigenvalue weighted by Gasteiger charge is -2.17. The molecule has 2 rings (SSSR count). The zero-order chi connectivity index (χ0) is 16.8. The van der Waals surface area contributed by atoms with Gasteiger partial charge in [0.25, 0.3) is 0 Å². The van der Waals surface area contributed by atoms with Crippen molar-refractivity contribution in [2.24, 2.45) is 0 Å². The van der Waals surface area contributed by atoms with Gasteiger partial charge in [0, 0.05) is 36.8 Å². The highest BCUT2D eigenvalue weighted by Gasteiger charge is 2.10. The summed E-state index contributed by atoms with van der Waals surface area (Å²) in [6, 6.07) is 11.0. The van der Waals surface area contributed by atoms with Crippen molar-refractivity contribution < 1.29 is 10.3 Å². The molecule has 0 saturated heterocycles. The van der Waals surface area contributed by atoms with E-state index < -0.39 is 0 Å². The van der Waals surface area contributed by atoms with Crippen molar-refractivity contribution in [3.8, 4) is 0 Å². The normalized spacial score (nSPS) is 10.6. The van der Waals surface area contributed by atoms with Crippen LogP contribution in [-0.2, 0) is 13.0 Å². The van der Waals surface area contributed by atoms with E-state index in [0.717, 1.165) is 22.5 Å². The third kappa shape index (κ3) is 4.06. The minimum Gasteiger partial charge on any atom is -0.398 e. The first-order valence-electron chi connectivity index (χ1n) is 7.63. The predicted octanol–water partition coefficient (Wildman–Crippen LogP) is 2.21. The van der Waals surface area contributed by atoms with Crippen LogP contribution in [0.3, 0.4) is 0 Å². The molecule has 0 spiro atoms. The Bertz CT molecular complexity index is 644. The van der Waals surface area contributed by atoms with Gasteiger partial charge in [0.1, 0.15) is 0 Å². The fraction of sp³-hybridized carbons (Fsp3) is 0.294. The first-order chi connectivity index (χ1) is 11.1. The van der Waals surface area contributed by atoms with Crippen molar-refractivity contribution in [1.82, 2.24) is 0 Å². The molecule has 0 heterocycles. The van der Waals surface area contributed by atoms with Gasteiger partial charge in [-0.25, -0.2) is 0 Å². The molecule has 6 heteroatoms. The fourth-order valence-electron chi connectivity index (χ4n) is 2.47. The van der Waals surface area contributed by atoms with E-state index in [2.05, 4.69) is 5.32 Å². The zero-order valence-electron chi connectivity index (χ0n) is 13.3. The minimum atomic E-state index is 0.0265. The van der Waals surface area contributed by atoms with Gasteiger partial charge in [-0.15, -0.1) is 0 Å². The van der Waals surface area contributed by atoms with Crippen LogP contribution in [0.15, 0.2) is 36.4 Å². The number of hydrogen-bond acceptors (Lipinski definition) is 6. The first kappa shape index (κ1) is 16.9. The average molecular weight is 316 g/mol. The molecule has 7 N–H and O–H groups in total. The lowest BCUT2D eigenvalue weighted by molar-refractivity contribution is 0.260. The maximum absolute atomic E-state index is 9.65. The number of nitrogen functional groups attached to an aromatic ring is 2. The summed E-state index contributed by atoms with van der Waals surface area (Å²) in [7, 11) is 0. The molecule has 2 aromatic rings. The molecule has 124 valence electrons. The van der Waals surface area contributed by atoms with E-state index in [0.29, 0.717) is 30.9 Å². The number of nitrogens with zero attached hydrogens (tertiary/aromatic N) is 1. The highest BCUT2D eigenvalue weighted by Crippen LogP contribution is 2.25. The third-order valence-corrected chi connectivity index (χ3v) is 3.80. The second-order valence-electron chi connectivity index (χ2n) is 5.29. The second kappa shape index (κ2) is 7.71. The van der Waals surface area contributed by atoms with Crippen molar-refractivity contribution in [1.29, 1.82) is 0 Å². The van der Waals surface area contributed by atoms with Gasteiger partial charge in [-0.05, 0) is 60.9 Å². The molecule has 0 aliphatic heterocycles. The Balaban J connectivity index is 2.13. The van der Waals surface area contributed by atoms with Crippen molar-refractivity contribution in [2.75, 3.05) is 35.0 Å². The van der Waals surface area contributed by atoms with Crippen LogP contribution >= 0.6 is 0 Å². The molecule has 0 aliphatic rings. The third-order valence-electron chi connectivity index (χ3n) is 3.80. The highest BCUT2D eigenvalue weighted by molar-refractivity contribution is 5.63. The lowest BCUT2D eigenvalue weighted by atomic mass is 10.0. The number of nitrogens with two attached hydrogens (primary N) is 2. The highest BCUT2D eigenvalue weighted by atomic mass is 16.5. The van der Waals surface area contributed by atoms with Crippen LogP contribution in [0.1, 0.15) is 18.1 Å². The van der Waals surface area contributed by atoms with E-state index in [9.17, 15) is 10.3 Å². The van der Waals surface area contributed by atoms with Crippen LogP contribution < -0.4 is 21.8 Å². The van der Waals surface area contributed by atoms with Gasteiger partial charge in [-0.2, -0.15) is 0 Å².